The first-order valence-electron chi connectivity index (χ1n) is 14.3. The number of hydrogen-bond donors (Lipinski definition) is 0. The number of para-hydroxylation sites is 1. The van der Waals surface area contributed by atoms with Gasteiger partial charge in [-0.05, 0) is 55.6 Å². The fourth-order valence-electron chi connectivity index (χ4n) is 4.79. The van der Waals surface area contributed by atoms with Gasteiger partial charge in [0.25, 0.3) is 0 Å². The van der Waals surface area contributed by atoms with E-state index in [4.69, 9.17) is 0 Å². The first-order chi connectivity index (χ1) is 17.7. The van der Waals surface area contributed by atoms with Gasteiger partial charge < -0.3 is 4.90 Å². The number of rotatable bonds is 16. The van der Waals surface area contributed by atoms with Crippen LogP contribution in [0.2, 0.25) is 0 Å². The molecule has 2 aromatic carbocycles. The Kier molecular flexibility index (Phi) is 15.3. The van der Waals surface area contributed by atoms with Crippen molar-refractivity contribution >= 4 is 28.7 Å². The van der Waals surface area contributed by atoms with Gasteiger partial charge in [0.1, 0.15) is 0 Å². The topological polar surface area (TPSA) is 10.4 Å². The number of aromatic nitrogens is 1. The van der Waals surface area contributed by atoms with Crippen LogP contribution in [-0.4, -0.2) is 31.6 Å². The zero-order chi connectivity index (χ0) is 25.6. The van der Waals surface area contributed by atoms with Gasteiger partial charge in [0.15, 0.2) is 6.20 Å². The van der Waals surface area contributed by atoms with E-state index in [-0.39, 0.29) is 32.7 Å². The quantitative estimate of drug-likeness (QED) is 0.126. The smallest absolute Gasteiger partial charge is 0.214 e. The van der Waals surface area contributed by atoms with Crippen molar-refractivity contribution in [2.45, 2.75) is 78.8 Å². The molecule has 3 rings (SSSR count). The van der Waals surface area contributed by atoms with Gasteiger partial charge in [-0.15, -0.1) is 0 Å². The molecular weight excluding hydrogens is 527 g/mol. The Labute approximate surface area is 251 Å². The molecular formula is C33H48N3Y+. The summed E-state index contributed by atoms with van der Waals surface area (Å²) in [5.41, 5.74) is 5.16. The number of unbranched alkanes of at least 4 members (excludes halogenated alkanes) is 5. The molecule has 0 aliphatic rings. The van der Waals surface area contributed by atoms with Gasteiger partial charge in [0, 0.05) is 70.2 Å². The van der Waals surface area contributed by atoms with Crippen LogP contribution >= 0.6 is 0 Å². The van der Waals surface area contributed by atoms with Crippen molar-refractivity contribution in [3.8, 4) is 0 Å². The van der Waals surface area contributed by atoms with E-state index < -0.39 is 0 Å². The van der Waals surface area contributed by atoms with Crippen molar-refractivity contribution < 1.29 is 37.3 Å². The summed E-state index contributed by atoms with van der Waals surface area (Å²) in [6, 6.07) is 20.2. The average molecular weight is 576 g/mol. The Hall–Kier alpha value is -1.55. The second kappa shape index (κ2) is 17.9. The minimum absolute atomic E-state index is 0. The molecule has 0 unspecified atom stereocenters. The molecule has 3 aromatic rings. The Morgan fingerprint density at radius 3 is 2.00 bits per heavy atom. The minimum atomic E-state index is 0. The number of pyridine rings is 1. The zero-order valence-electron chi connectivity index (χ0n) is 23.8. The molecule has 0 N–H and O–H groups in total. The summed E-state index contributed by atoms with van der Waals surface area (Å²) in [5.74, 6) is 0. The molecule has 3 nitrogen and oxygen atoms in total. The van der Waals surface area contributed by atoms with E-state index in [1.54, 1.807) is 0 Å². The maximum Gasteiger partial charge on any atom is 0.214 e. The summed E-state index contributed by atoms with van der Waals surface area (Å²) in [7, 11) is 2.21. The van der Waals surface area contributed by atoms with E-state index in [2.05, 4.69) is 115 Å². The van der Waals surface area contributed by atoms with Gasteiger partial charge in [-0.3, -0.25) is 4.90 Å². The second-order valence-electron chi connectivity index (χ2n) is 10.2. The number of hydrogen-bond acceptors (Lipinski definition) is 2. The predicted molar refractivity (Wildman–Crippen MR) is 158 cm³/mol. The molecule has 37 heavy (non-hydrogen) atoms. The average Bonchev–Trinajstić information content (AvgIpc) is 2.91. The van der Waals surface area contributed by atoms with Crippen molar-refractivity contribution in [1.29, 1.82) is 0 Å². The van der Waals surface area contributed by atoms with Gasteiger partial charge in [0.2, 0.25) is 12.2 Å². The fraction of sp³-hybridized carbons (Fsp3) is 0.485. The number of anilines is 1. The largest absolute Gasteiger partial charge is 0.372 e. The summed E-state index contributed by atoms with van der Waals surface area (Å²) in [4.78, 5) is 4.99. The molecule has 0 amide bonds. The van der Waals surface area contributed by atoms with E-state index in [0.29, 0.717) is 0 Å². The molecule has 197 valence electrons. The molecule has 0 saturated heterocycles. The third-order valence-corrected chi connectivity index (χ3v) is 7.02. The maximum absolute atomic E-state index is 2.58. The molecule has 0 bridgehead atoms. The van der Waals surface area contributed by atoms with Crippen LogP contribution in [0.5, 0.6) is 0 Å². The van der Waals surface area contributed by atoms with Gasteiger partial charge in [-0.1, -0.05) is 89.3 Å². The Bertz CT molecular complexity index is 1050. The first kappa shape index (κ1) is 31.7. The maximum atomic E-state index is 2.58. The van der Waals surface area contributed by atoms with E-state index >= 15 is 0 Å². The molecule has 0 spiro atoms. The second-order valence-corrected chi connectivity index (χ2v) is 10.2. The van der Waals surface area contributed by atoms with Crippen LogP contribution in [-0.2, 0) is 39.4 Å². The van der Waals surface area contributed by atoms with Crippen LogP contribution in [0.1, 0.15) is 83.3 Å². The molecule has 4 heteroatoms. The minimum Gasteiger partial charge on any atom is -0.372 e. The first-order valence-corrected chi connectivity index (χ1v) is 14.3. The summed E-state index contributed by atoms with van der Waals surface area (Å²) in [5, 5.41) is 1.30. The number of fused-ring (bicyclic) bond motifs is 1. The Morgan fingerprint density at radius 2 is 1.35 bits per heavy atom. The number of nitrogens with zero attached hydrogens (tertiary/aromatic N) is 3. The Balaban J connectivity index is 0.00000481. The van der Waals surface area contributed by atoms with E-state index in [1.807, 2.05) is 0 Å². The molecule has 0 aliphatic heterocycles. The third-order valence-electron chi connectivity index (χ3n) is 7.02. The van der Waals surface area contributed by atoms with Crippen molar-refractivity contribution in [2.24, 2.45) is 0 Å². The van der Waals surface area contributed by atoms with Gasteiger partial charge in [-0.2, -0.15) is 4.57 Å². The van der Waals surface area contributed by atoms with Crippen LogP contribution in [0.4, 0.5) is 5.69 Å². The zero-order valence-corrected chi connectivity index (χ0v) is 26.7. The van der Waals surface area contributed by atoms with Crippen LogP contribution in [0, 0.1) is 0 Å². The normalized spacial score (nSPS) is 11.4. The monoisotopic (exact) mass is 575 g/mol. The van der Waals surface area contributed by atoms with Crippen molar-refractivity contribution in [3.63, 3.8) is 0 Å². The van der Waals surface area contributed by atoms with Gasteiger partial charge in [-0.25, -0.2) is 0 Å². The summed E-state index contributed by atoms with van der Waals surface area (Å²) >= 11 is 0. The van der Waals surface area contributed by atoms with E-state index in [9.17, 15) is 0 Å². The van der Waals surface area contributed by atoms with Crippen LogP contribution in [0.3, 0.4) is 0 Å². The van der Waals surface area contributed by atoms with Gasteiger partial charge >= 0.3 is 0 Å². The molecule has 0 aliphatic carbocycles. The molecule has 0 fully saturated rings. The predicted octanol–water partition coefficient (Wildman–Crippen LogP) is 8.17. The third kappa shape index (κ3) is 10.3. The van der Waals surface area contributed by atoms with Crippen molar-refractivity contribution in [1.82, 2.24) is 4.90 Å². The van der Waals surface area contributed by atoms with E-state index in [1.165, 1.54) is 79.1 Å². The Morgan fingerprint density at radius 1 is 0.703 bits per heavy atom. The van der Waals surface area contributed by atoms with Crippen molar-refractivity contribution in [3.05, 3.63) is 71.9 Å². The van der Waals surface area contributed by atoms with E-state index in [0.717, 1.165) is 26.3 Å². The summed E-state index contributed by atoms with van der Waals surface area (Å²) in [6.07, 6.45) is 16.9. The molecule has 1 aromatic heterocycles. The fourth-order valence-corrected chi connectivity index (χ4v) is 4.79. The summed E-state index contributed by atoms with van der Waals surface area (Å²) < 4.78 is 2.36. The molecule has 1 radical (unpaired) electrons. The number of benzene rings is 2. The SMILES string of the molecule is CCCCCN(CCCCC)c1ccc(C=Cc2cc[n+](CN(C)CCCC)c3ccccc23)cc1.[Y]. The van der Waals surface area contributed by atoms with Gasteiger partial charge in [0.05, 0.1) is 5.39 Å². The van der Waals surface area contributed by atoms with Crippen LogP contribution in [0.15, 0.2) is 60.8 Å². The molecule has 0 saturated carbocycles. The molecule has 1 heterocycles. The van der Waals surface area contributed by atoms with Crippen LogP contribution in [0.25, 0.3) is 23.1 Å². The van der Waals surface area contributed by atoms with Crippen molar-refractivity contribution in [2.75, 3.05) is 31.6 Å². The molecule has 0 atom stereocenters. The standard InChI is InChI=1S/C33H48N3.Y/c1-5-8-13-25-35(26-14-9-6-2)31-21-18-29(19-22-31)17-20-30-23-27-36(28-34(4)24-10-7-3)33-16-12-11-15-32(30)33;/h11-12,15-23,27H,5-10,13-14,24-26,28H2,1-4H3;/q+1;. The van der Waals surface area contributed by atoms with Crippen LogP contribution < -0.4 is 9.47 Å². The summed E-state index contributed by atoms with van der Waals surface area (Å²) in [6.45, 7) is 11.2.